The molecule has 0 bridgehead atoms. The van der Waals surface area contributed by atoms with Crippen molar-refractivity contribution in [3.8, 4) is 11.1 Å². The Morgan fingerprint density at radius 3 is 2.40 bits per heavy atom. The monoisotopic (exact) mass is 417 g/mol. The molecule has 6 heteroatoms. The number of carbonyl (C=O) groups excluding carboxylic acids is 1. The summed E-state index contributed by atoms with van der Waals surface area (Å²) in [6.07, 6.45) is 1.68. The molecule has 3 aromatic rings. The molecule has 0 aromatic heterocycles. The van der Waals surface area contributed by atoms with Crippen molar-refractivity contribution in [2.24, 2.45) is 0 Å². The third-order valence-corrected chi connectivity index (χ3v) is 6.70. The highest BCUT2D eigenvalue weighted by molar-refractivity contribution is 7.79. The number of nitrogens with zero attached hydrogens (tertiary/aromatic N) is 2. The minimum atomic E-state index is -2.26. The number of hydrogen-bond acceptors (Lipinski definition) is 4. The van der Waals surface area contributed by atoms with Gasteiger partial charge in [0.25, 0.3) is 0 Å². The minimum Gasteiger partial charge on any atom is -0.768 e. The Kier molecular flexibility index (Phi) is 4.89. The van der Waals surface area contributed by atoms with Crippen LogP contribution in [-0.2, 0) is 22.3 Å². The standard InChI is InChI=1S/C24H22N2O3S/c27-24-23(14-16-25(24)18-9-11-19(12-10-18)30(28)29)26-15-13-21-20(7-4-8-22(21)26)17-5-2-1-3-6-17/h1-12,23H,13-16H2,(H,28,29)/p-1/t23-/m1/s1. The predicted molar refractivity (Wildman–Crippen MR) is 117 cm³/mol. The molecule has 5 nitrogen and oxygen atoms in total. The fourth-order valence-electron chi connectivity index (χ4n) is 4.62. The number of rotatable bonds is 4. The van der Waals surface area contributed by atoms with Crippen LogP contribution in [0.1, 0.15) is 12.0 Å². The highest BCUT2D eigenvalue weighted by Gasteiger charge is 2.39. The Morgan fingerprint density at radius 2 is 1.67 bits per heavy atom. The third-order valence-electron chi connectivity index (χ3n) is 6.04. The molecule has 3 aromatic carbocycles. The van der Waals surface area contributed by atoms with E-state index < -0.39 is 11.1 Å². The number of benzene rings is 3. The summed E-state index contributed by atoms with van der Waals surface area (Å²) in [5.41, 5.74) is 5.63. The lowest BCUT2D eigenvalue weighted by atomic mass is 9.98. The zero-order chi connectivity index (χ0) is 20.7. The first-order valence-corrected chi connectivity index (χ1v) is 11.2. The van der Waals surface area contributed by atoms with Crippen LogP contribution in [0.2, 0.25) is 0 Å². The van der Waals surface area contributed by atoms with Gasteiger partial charge in [0.05, 0.1) is 0 Å². The molecule has 0 spiro atoms. The number of hydrogen-bond donors (Lipinski definition) is 0. The van der Waals surface area contributed by atoms with Gasteiger partial charge in [0.15, 0.2) is 0 Å². The summed E-state index contributed by atoms with van der Waals surface area (Å²) in [5.74, 6) is 0.0731. The van der Waals surface area contributed by atoms with E-state index in [9.17, 15) is 13.6 Å². The molecule has 2 aliphatic heterocycles. The average Bonchev–Trinajstić information content (AvgIpc) is 3.37. The quantitative estimate of drug-likeness (QED) is 0.607. The van der Waals surface area contributed by atoms with Gasteiger partial charge in [0, 0.05) is 29.4 Å². The van der Waals surface area contributed by atoms with Gasteiger partial charge in [-0.05, 0) is 70.9 Å². The highest BCUT2D eigenvalue weighted by atomic mass is 32.2. The smallest absolute Gasteiger partial charge is 0.249 e. The topological polar surface area (TPSA) is 63.7 Å². The Hall–Kier alpha value is -2.96. The Bertz CT molecular complexity index is 1120. The van der Waals surface area contributed by atoms with Gasteiger partial charge < -0.3 is 14.4 Å². The van der Waals surface area contributed by atoms with Crippen molar-refractivity contribution in [1.82, 2.24) is 0 Å². The third kappa shape index (κ3) is 3.22. The zero-order valence-corrected chi connectivity index (χ0v) is 17.2. The van der Waals surface area contributed by atoms with Gasteiger partial charge in [-0.3, -0.25) is 9.00 Å². The normalized spacial score (nSPS) is 19.2. The zero-order valence-electron chi connectivity index (χ0n) is 16.4. The molecule has 2 heterocycles. The molecule has 0 aliphatic carbocycles. The van der Waals surface area contributed by atoms with Crippen LogP contribution >= 0.6 is 0 Å². The summed E-state index contributed by atoms with van der Waals surface area (Å²) >= 11 is -2.26. The first kappa shape index (κ1) is 19.0. The second-order valence-corrected chi connectivity index (χ2v) is 8.58. The van der Waals surface area contributed by atoms with Gasteiger partial charge >= 0.3 is 0 Å². The van der Waals surface area contributed by atoms with Crippen molar-refractivity contribution >= 4 is 28.4 Å². The van der Waals surface area contributed by atoms with Crippen LogP contribution < -0.4 is 9.80 Å². The van der Waals surface area contributed by atoms with Gasteiger partial charge in [-0.15, -0.1) is 0 Å². The summed E-state index contributed by atoms with van der Waals surface area (Å²) in [6.45, 7) is 1.46. The molecule has 1 fully saturated rings. The van der Waals surface area contributed by atoms with Crippen LogP contribution in [0.5, 0.6) is 0 Å². The van der Waals surface area contributed by atoms with Crippen molar-refractivity contribution in [1.29, 1.82) is 0 Å². The van der Waals surface area contributed by atoms with Crippen LogP contribution in [0.15, 0.2) is 77.7 Å². The fourth-order valence-corrected chi connectivity index (χ4v) is 4.98. The lowest BCUT2D eigenvalue weighted by molar-refractivity contribution is -0.118. The van der Waals surface area contributed by atoms with E-state index in [1.54, 1.807) is 17.0 Å². The first-order chi connectivity index (χ1) is 14.6. The second kappa shape index (κ2) is 7.70. The first-order valence-electron chi connectivity index (χ1n) is 10.1. The van der Waals surface area contributed by atoms with Crippen LogP contribution in [0.25, 0.3) is 11.1 Å². The van der Waals surface area contributed by atoms with Gasteiger partial charge in [-0.25, -0.2) is 0 Å². The Morgan fingerprint density at radius 1 is 0.900 bits per heavy atom. The van der Waals surface area contributed by atoms with Crippen LogP contribution in [-0.4, -0.2) is 33.8 Å². The lowest BCUT2D eigenvalue weighted by Crippen LogP contribution is -2.41. The van der Waals surface area contributed by atoms with Crippen molar-refractivity contribution in [3.05, 3.63) is 78.4 Å². The largest absolute Gasteiger partial charge is 0.768 e. The Labute approximate surface area is 178 Å². The lowest BCUT2D eigenvalue weighted by Gasteiger charge is -2.26. The maximum Gasteiger partial charge on any atom is 0.249 e. The van der Waals surface area contributed by atoms with Crippen molar-refractivity contribution in [2.75, 3.05) is 22.9 Å². The maximum absolute atomic E-state index is 13.2. The van der Waals surface area contributed by atoms with Crippen LogP contribution in [0.4, 0.5) is 11.4 Å². The predicted octanol–water partition coefficient (Wildman–Crippen LogP) is 3.76. The minimum absolute atomic E-state index is 0.0731. The van der Waals surface area contributed by atoms with Crippen LogP contribution in [0.3, 0.4) is 0 Å². The molecule has 0 saturated carbocycles. The van der Waals surface area contributed by atoms with E-state index in [1.165, 1.54) is 28.8 Å². The molecule has 0 N–H and O–H groups in total. The number of amides is 1. The van der Waals surface area contributed by atoms with Crippen molar-refractivity contribution < 1.29 is 13.6 Å². The van der Waals surface area contributed by atoms with Gasteiger partial charge in [-0.1, -0.05) is 42.5 Å². The SMILES string of the molecule is O=C1[C@H](N2CCc3c(-c4ccccc4)cccc32)CCN1c1ccc(S(=O)[O-])cc1. The van der Waals surface area contributed by atoms with Gasteiger partial charge in [-0.2, -0.15) is 0 Å². The summed E-state index contributed by atoms with van der Waals surface area (Å²) in [4.78, 5) is 17.5. The number of carbonyl (C=O) groups is 1. The van der Waals surface area contributed by atoms with Crippen molar-refractivity contribution in [3.63, 3.8) is 0 Å². The van der Waals surface area contributed by atoms with E-state index in [4.69, 9.17) is 0 Å². The summed E-state index contributed by atoms with van der Waals surface area (Å²) in [7, 11) is 0. The van der Waals surface area contributed by atoms with Gasteiger partial charge in [0.2, 0.25) is 5.91 Å². The molecule has 2 atom stereocenters. The molecule has 152 valence electrons. The van der Waals surface area contributed by atoms with E-state index in [1.807, 2.05) is 18.2 Å². The molecule has 0 radical (unpaired) electrons. The van der Waals surface area contributed by atoms with Crippen molar-refractivity contribution in [2.45, 2.75) is 23.8 Å². The van der Waals surface area contributed by atoms with Crippen LogP contribution in [0, 0.1) is 0 Å². The highest BCUT2D eigenvalue weighted by Crippen LogP contribution is 2.39. The molecule has 1 unspecified atom stereocenters. The summed E-state index contributed by atoms with van der Waals surface area (Å²) in [6, 6.07) is 23.0. The molecular weight excluding hydrogens is 396 g/mol. The Balaban J connectivity index is 1.41. The van der Waals surface area contributed by atoms with Gasteiger partial charge in [0.1, 0.15) is 6.04 Å². The number of fused-ring (bicyclic) bond motifs is 1. The van der Waals surface area contributed by atoms with E-state index in [0.29, 0.717) is 6.54 Å². The van der Waals surface area contributed by atoms with E-state index in [-0.39, 0.29) is 16.8 Å². The molecular formula is C24H21N2O3S-. The molecule has 1 saturated heterocycles. The molecule has 5 rings (SSSR count). The van der Waals surface area contributed by atoms with E-state index in [0.717, 1.165) is 30.8 Å². The second-order valence-electron chi connectivity index (χ2n) is 7.64. The number of anilines is 2. The molecule has 2 aliphatic rings. The van der Waals surface area contributed by atoms with E-state index >= 15 is 0 Å². The fraction of sp³-hybridized carbons (Fsp3) is 0.208. The summed E-state index contributed by atoms with van der Waals surface area (Å²) < 4.78 is 22.2. The molecule has 1 amide bonds. The maximum atomic E-state index is 13.2. The molecule has 30 heavy (non-hydrogen) atoms. The summed E-state index contributed by atoms with van der Waals surface area (Å²) in [5, 5.41) is 0. The van der Waals surface area contributed by atoms with E-state index in [2.05, 4.69) is 35.2 Å². The average molecular weight is 418 g/mol.